The second-order valence-electron chi connectivity index (χ2n) is 6.64. The number of carbonyl (C=O) groups excluding carboxylic acids is 2. The summed E-state index contributed by atoms with van der Waals surface area (Å²) in [6.07, 6.45) is 3.48. The van der Waals surface area contributed by atoms with Gasteiger partial charge in [0.2, 0.25) is 0 Å². The van der Waals surface area contributed by atoms with Crippen molar-refractivity contribution < 1.29 is 19.4 Å². The van der Waals surface area contributed by atoms with E-state index in [2.05, 4.69) is 5.32 Å². The zero-order valence-electron chi connectivity index (χ0n) is 13.7. The van der Waals surface area contributed by atoms with Crippen molar-refractivity contribution in [1.82, 2.24) is 10.2 Å². The van der Waals surface area contributed by atoms with Crippen LogP contribution in [0.3, 0.4) is 0 Å². The number of carbonyl (C=O) groups is 2. The number of hydrogen-bond acceptors (Lipinski definition) is 4. The topological polar surface area (TPSA) is 78.9 Å². The van der Waals surface area contributed by atoms with Gasteiger partial charge < -0.3 is 15.2 Å². The maximum atomic E-state index is 12.6. The van der Waals surface area contributed by atoms with Gasteiger partial charge >= 0.3 is 6.03 Å². The van der Waals surface area contributed by atoms with E-state index in [9.17, 15) is 14.7 Å². The van der Waals surface area contributed by atoms with Crippen LogP contribution >= 0.6 is 0 Å². The molecule has 0 bridgehead atoms. The zero-order chi connectivity index (χ0) is 17.0. The van der Waals surface area contributed by atoms with Gasteiger partial charge in [0.05, 0.1) is 25.9 Å². The van der Waals surface area contributed by atoms with E-state index in [1.807, 2.05) is 30.3 Å². The van der Waals surface area contributed by atoms with Gasteiger partial charge in [-0.3, -0.25) is 9.69 Å². The number of nitrogens with zero attached hydrogens (tertiary/aromatic N) is 1. The summed E-state index contributed by atoms with van der Waals surface area (Å²) in [6.45, 7) is 0.447. The molecular weight excluding hydrogens is 308 g/mol. The van der Waals surface area contributed by atoms with E-state index in [4.69, 9.17) is 4.74 Å². The van der Waals surface area contributed by atoms with Gasteiger partial charge in [0.15, 0.2) is 0 Å². The van der Waals surface area contributed by atoms with Crippen LogP contribution in [0, 0.1) is 0 Å². The molecule has 0 radical (unpaired) electrons. The minimum atomic E-state index is -0.887. The third kappa shape index (κ3) is 3.60. The molecule has 2 N–H and O–H groups in total. The summed E-state index contributed by atoms with van der Waals surface area (Å²) in [4.78, 5) is 25.9. The molecule has 2 fully saturated rings. The molecule has 1 heterocycles. The Hall–Kier alpha value is -1.92. The van der Waals surface area contributed by atoms with Crippen molar-refractivity contribution in [3.8, 4) is 0 Å². The molecule has 24 heavy (non-hydrogen) atoms. The smallest absolute Gasteiger partial charge is 0.325 e. The molecule has 130 valence electrons. The highest BCUT2D eigenvalue weighted by atomic mass is 16.5. The fourth-order valence-electron chi connectivity index (χ4n) is 3.49. The van der Waals surface area contributed by atoms with Crippen molar-refractivity contribution in [2.75, 3.05) is 13.2 Å². The molecule has 6 heteroatoms. The van der Waals surface area contributed by atoms with Gasteiger partial charge in [-0.2, -0.15) is 0 Å². The summed E-state index contributed by atoms with van der Waals surface area (Å²) in [5.41, 5.74) is 0.279. The number of nitrogens with one attached hydrogen (secondary N) is 1. The Morgan fingerprint density at radius 3 is 2.58 bits per heavy atom. The first-order valence-corrected chi connectivity index (χ1v) is 8.55. The number of urea groups is 1. The van der Waals surface area contributed by atoms with Crippen LogP contribution in [-0.4, -0.2) is 46.7 Å². The van der Waals surface area contributed by atoms with Crippen LogP contribution < -0.4 is 5.32 Å². The van der Waals surface area contributed by atoms with Crippen LogP contribution in [0.1, 0.15) is 37.7 Å². The fourth-order valence-corrected chi connectivity index (χ4v) is 3.49. The average Bonchev–Trinajstić information content (AvgIpc) is 2.81. The van der Waals surface area contributed by atoms with Crippen LogP contribution in [0.25, 0.3) is 0 Å². The standard InChI is InChI=1S/C18H24N2O4/c21-15(13-24-12-14-7-3-1-4-8-14)11-20-16(22)18(19-17(20)23)9-5-2-6-10-18/h1,3-4,7-8,15,21H,2,5-6,9-13H2,(H,19,23)/t15-/m1/s1. The second kappa shape index (κ2) is 7.32. The molecule has 1 spiro atoms. The molecule has 1 atom stereocenters. The number of aliphatic hydroxyl groups is 1. The van der Waals surface area contributed by atoms with Gasteiger partial charge in [-0.15, -0.1) is 0 Å². The monoisotopic (exact) mass is 332 g/mol. The lowest BCUT2D eigenvalue weighted by molar-refractivity contribution is -0.133. The van der Waals surface area contributed by atoms with E-state index in [-0.39, 0.29) is 19.1 Å². The van der Waals surface area contributed by atoms with Gasteiger partial charge in [-0.25, -0.2) is 4.79 Å². The molecule has 3 amide bonds. The highest BCUT2D eigenvalue weighted by Gasteiger charge is 2.51. The number of ether oxygens (including phenoxy) is 1. The second-order valence-corrected chi connectivity index (χ2v) is 6.64. The number of benzene rings is 1. The van der Waals surface area contributed by atoms with Crippen molar-refractivity contribution >= 4 is 11.9 Å². The van der Waals surface area contributed by atoms with Crippen molar-refractivity contribution in [3.05, 3.63) is 35.9 Å². The van der Waals surface area contributed by atoms with Crippen molar-refractivity contribution in [1.29, 1.82) is 0 Å². The highest BCUT2D eigenvalue weighted by Crippen LogP contribution is 2.33. The Morgan fingerprint density at radius 1 is 1.17 bits per heavy atom. The maximum absolute atomic E-state index is 12.6. The summed E-state index contributed by atoms with van der Waals surface area (Å²) in [6, 6.07) is 9.26. The van der Waals surface area contributed by atoms with Gasteiger partial charge in [-0.1, -0.05) is 49.6 Å². The largest absolute Gasteiger partial charge is 0.389 e. The minimum Gasteiger partial charge on any atom is -0.389 e. The normalized spacial score (nSPS) is 21.1. The van der Waals surface area contributed by atoms with Crippen LogP contribution in [0.15, 0.2) is 30.3 Å². The summed E-state index contributed by atoms with van der Waals surface area (Å²) >= 11 is 0. The number of amides is 3. The van der Waals surface area contributed by atoms with Gasteiger partial charge in [-0.05, 0) is 18.4 Å². The maximum Gasteiger partial charge on any atom is 0.325 e. The van der Waals surface area contributed by atoms with Crippen molar-refractivity contribution in [2.45, 2.75) is 50.4 Å². The molecule has 1 saturated heterocycles. The lowest BCUT2D eigenvalue weighted by atomic mass is 9.82. The summed E-state index contributed by atoms with van der Waals surface area (Å²) < 4.78 is 5.48. The van der Waals surface area contributed by atoms with E-state index >= 15 is 0 Å². The minimum absolute atomic E-state index is 0.0266. The first-order valence-electron chi connectivity index (χ1n) is 8.55. The number of β-amino-alcohol motifs (C(OH)–C–C–N with tert-alkyl or cyclic N) is 1. The molecule has 0 aromatic heterocycles. The van der Waals surface area contributed by atoms with Gasteiger partial charge in [0, 0.05) is 0 Å². The molecular formula is C18H24N2O4. The number of imide groups is 1. The average molecular weight is 332 g/mol. The van der Waals surface area contributed by atoms with Crippen molar-refractivity contribution in [2.24, 2.45) is 0 Å². The van der Waals surface area contributed by atoms with Crippen LogP contribution in [0.5, 0.6) is 0 Å². The fraction of sp³-hybridized carbons (Fsp3) is 0.556. The Labute approximate surface area is 141 Å². The molecule has 3 rings (SSSR count). The molecule has 1 aromatic rings. The molecule has 1 aliphatic heterocycles. The SMILES string of the molecule is O=C1NC2(CCCCC2)C(=O)N1C[C@@H](O)COCc1ccccc1. The Bertz CT molecular complexity index is 584. The predicted octanol–water partition coefficient (Wildman–Crippen LogP) is 1.82. The first kappa shape index (κ1) is 16.9. The number of hydrogen-bond donors (Lipinski definition) is 2. The molecule has 2 aliphatic rings. The molecule has 6 nitrogen and oxygen atoms in total. The summed E-state index contributed by atoms with van der Waals surface area (Å²) in [5, 5.41) is 13.0. The van der Waals surface area contributed by atoms with E-state index < -0.39 is 17.7 Å². The van der Waals surface area contributed by atoms with Crippen molar-refractivity contribution in [3.63, 3.8) is 0 Å². The lowest BCUT2D eigenvalue weighted by Crippen LogP contribution is -2.48. The lowest BCUT2D eigenvalue weighted by Gasteiger charge is -2.30. The van der Waals surface area contributed by atoms with E-state index in [1.165, 1.54) is 0 Å². The van der Waals surface area contributed by atoms with E-state index in [1.54, 1.807) is 0 Å². The predicted molar refractivity (Wildman–Crippen MR) is 88.2 cm³/mol. The third-order valence-electron chi connectivity index (χ3n) is 4.77. The van der Waals surface area contributed by atoms with Gasteiger partial charge in [0.1, 0.15) is 5.54 Å². The number of aliphatic hydroxyl groups excluding tert-OH is 1. The number of rotatable bonds is 6. The highest BCUT2D eigenvalue weighted by molar-refractivity contribution is 6.07. The Kier molecular flexibility index (Phi) is 5.16. The van der Waals surface area contributed by atoms with Crippen LogP contribution in [-0.2, 0) is 16.1 Å². The van der Waals surface area contributed by atoms with Crippen LogP contribution in [0.2, 0.25) is 0 Å². The zero-order valence-corrected chi connectivity index (χ0v) is 13.7. The quantitative estimate of drug-likeness (QED) is 0.779. The summed E-state index contributed by atoms with van der Waals surface area (Å²) in [7, 11) is 0. The van der Waals surface area contributed by atoms with Crippen LogP contribution in [0.4, 0.5) is 4.79 Å². The Balaban J connectivity index is 1.49. The molecule has 1 saturated carbocycles. The molecule has 0 unspecified atom stereocenters. The van der Waals surface area contributed by atoms with Gasteiger partial charge in [0.25, 0.3) is 5.91 Å². The first-order chi connectivity index (χ1) is 11.6. The molecule has 1 aromatic carbocycles. The van der Waals surface area contributed by atoms with E-state index in [0.717, 1.165) is 29.7 Å². The van der Waals surface area contributed by atoms with E-state index in [0.29, 0.717) is 19.4 Å². The molecule has 1 aliphatic carbocycles. The Morgan fingerprint density at radius 2 is 1.88 bits per heavy atom. The third-order valence-corrected chi connectivity index (χ3v) is 4.77. The summed E-state index contributed by atoms with van der Waals surface area (Å²) in [5.74, 6) is -0.200.